The first-order valence-corrected chi connectivity index (χ1v) is 9.68. The molecule has 0 saturated heterocycles. The number of ether oxygens (including phenoxy) is 1. The second-order valence-electron chi connectivity index (χ2n) is 6.41. The average Bonchev–Trinajstić information content (AvgIpc) is 2.61. The average molecular weight is 356 g/mol. The molecule has 2 fully saturated rings. The van der Waals surface area contributed by atoms with E-state index in [-0.39, 0.29) is 6.04 Å². The number of nitrogens with zero attached hydrogens (tertiary/aromatic N) is 1. The van der Waals surface area contributed by atoms with Gasteiger partial charge in [0.1, 0.15) is 0 Å². The zero-order valence-corrected chi connectivity index (χ0v) is 15.1. The minimum absolute atomic E-state index is 0.0669. The summed E-state index contributed by atoms with van der Waals surface area (Å²) in [6, 6.07) is -1.61. The number of methoxy groups -OCH3 is 1. The molecule has 0 radical (unpaired) electrons. The van der Waals surface area contributed by atoms with Gasteiger partial charge < -0.3 is 10.1 Å². The summed E-state index contributed by atoms with van der Waals surface area (Å²) in [6.45, 7) is 0. The first kappa shape index (κ1) is 18.9. The highest BCUT2D eigenvalue weighted by Crippen LogP contribution is 2.26. The molecule has 0 aromatic carbocycles. The molecule has 8 heteroatoms. The molecule has 2 aliphatic rings. The molecule has 0 heterocycles. The fraction of sp³-hybridized carbons (Fsp3) is 0.812. The first-order chi connectivity index (χ1) is 11.6. The molecule has 0 aliphatic heterocycles. The van der Waals surface area contributed by atoms with E-state index in [1.165, 1.54) is 44.7 Å². The number of hydrogen-bond acceptors (Lipinski definition) is 5. The van der Waals surface area contributed by atoms with E-state index in [4.69, 9.17) is 10.1 Å². The van der Waals surface area contributed by atoms with E-state index in [0.29, 0.717) is 5.25 Å². The van der Waals surface area contributed by atoms with Crippen LogP contribution in [0.25, 0.3) is 0 Å². The van der Waals surface area contributed by atoms with E-state index in [0.717, 1.165) is 43.4 Å². The first-order valence-electron chi connectivity index (χ1n) is 8.80. The normalized spacial score (nSPS) is 19.4. The van der Waals surface area contributed by atoms with Crippen LogP contribution in [-0.4, -0.2) is 41.4 Å². The Morgan fingerprint density at radius 1 is 1.00 bits per heavy atom. The lowest BCUT2D eigenvalue weighted by molar-refractivity contribution is 0.193. The summed E-state index contributed by atoms with van der Waals surface area (Å²) in [7, 11) is 1.28. The maximum absolute atomic E-state index is 12.4. The molecule has 0 unspecified atom stereocenters. The molecule has 7 nitrogen and oxygen atoms in total. The Hall–Kier alpha value is -1.44. The van der Waals surface area contributed by atoms with E-state index < -0.39 is 18.1 Å². The van der Waals surface area contributed by atoms with Crippen LogP contribution in [0.3, 0.4) is 0 Å². The van der Waals surface area contributed by atoms with Gasteiger partial charge in [0.15, 0.2) is 0 Å². The standard InChI is InChI=1S/C16H28N4O3S/c1-23-14(17)20(15(21)18-12-8-4-2-5-9-12)16(22)19-24-13-10-6-3-7-11-13/h12-13,17H,2-11H2,1H3,(H,18,21)(H,19,22). The Morgan fingerprint density at radius 2 is 1.58 bits per heavy atom. The maximum atomic E-state index is 12.4. The molecule has 0 bridgehead atoms. The second-order valence-corrected chi connectivity index (χ2v) is 7.52. The molecule has 0 atom stereocenters. The van der Waals surface area contributed by atoms with Crippen molar-refractivity contribution in [3.63, 3.8) is 0 Å². The van der Waals surface area contributed by atoms with Gasteiger partial charge in [-0.1, -0.05) is 38.5 Å². The third kappa shape index (κ3) is 5.58. The van der Waals surface area contributed by atoms with Crippen LogP contribution < -0.4 is 10.0 Å². The summed E-state index contributed by atoms with van der Waals surface area (Å²) in [5.41, 5.74) is 0. The Balaban J connectivity index is 1.88. The number of carbonyl (C=O) groups is 2. The zero-order valence-electron chi connectivity index (χ0n) is 14.3. The van der Waals surface area contributed by atoms with Crippen molar-refractivity contribution in [1.82, 2.24) is 14.9 Å². The smallest absolute Gasteiger partial charge is 0.343 e. The Bertz CT molecular complexity index is 449. The number of nitrogens with one attached hydrogen (secondary N) is 3. The number of carbonyl (C=O) groups excluding carboxylic acids is 2. The third-order valence-electron chi connectivity index (χ3n) is 4.60. The predicted octanol–water partition coefficient (Wildman–Crippen LogP) is 3.60. The lowest BCUT2D eigenvalue weighted by atomic mass is 9.96. The third-order valence-corrected chi connectivity index (χ3v) is 5.70. The molecule has 0 spiro atoms. The molecule has 0 aromatic heterocycles. The minimum Gasteiger partial charge on any atom is -0.468 e. The molecule has 24 heavy (non-hydrogen) atoms. The van der Waals surface area contributed by atoms with Crippen LogP contribution in [0.2, 0.25) is 0 Å². The van der Waals surface area contributed by atoms with Crippen molar-refractivity contribution in [3.8, 4) is 0 Å². The lowest BCUT2D eigenvalue weighted by Crippen LogP contribution is -2.53. The minimum atomic E-state index is -0.620. The SMILES string of the molecule is COC(=N)N(C(=O)NSC1CCCCC1)C(=O)NC1CCCCC1. The van der Waals surface area contributed by atoms with E-state index in [2.05, 4.69) is 10.0 Å². The molecule has 2 rings (SSSR count). The number of imide groups is 1. The number of hydrogen-bond donors (Lipinski definition) is 3. The molecule has 136 valence electrons. The van der Waals surface area contributed by atoms with Crippen LogP contribution >= 0.6 is 11.9 Å². The summed E-state index contributed by atoms with van der Waals surface area (Å²) in [5, 5.41) is 11.0. The largest absolute Gasteiger partial charge is 0.468 e. The zero-order chi connectivity index (χ0) is 17.4. The monoisotopic (exact) mass is 356 g/mol. The van der Waals surface area contributed by atoms with Gasteiger partial charge in [-0.25, -0.2) is 9.59 Å². The van der Waals surface area contributed by atoms with Crippen LogP contribution in [0, 0.1) is 5.41 Å². The molecule has 0 aromatic rings. The quantitative estimate of drug-likeness (QED) is 0.409. The van der Waals surface area contributed by atoms with Gasteiger partial charge >= 0.3 is 18.1 Å². The highest BCUT2D eigenvalue weighted by molar-refractivity contribution is 7.98. The van der Waals surface area contributed by atoms with Crippen LogP contribution in [0.1, 0.15) is 64.2 Å². The van der Waals surface area contributed by atoms with Gasteiger partial charge in [0, 0.05) is 11.3 Å². The fourth-order valence-corrected chi connectivity index (χ4v) is 4.14. The van der Waals surface area contributed by atoms with Gasteiger partial charge in [-0.3, -0.25) is 10.1 Å². The van der Waals surface area contributed by atoms with Crippen LogP contribution in [0.15, 0.2) is 0 Å². The summed E-state index contributed by atoms with van der Waals surface area (Å²) in [4.78, 5) is 25.6. The van der Waals surface area contributed by atoms with E-state index in [1.54, 1.807) is 0 Å². The Morgan fingerprint density at radius 3 is 2.17 bits per heavy atom. The Kier molecular flexibility index (Phi) is 7.68. The molecule has 4 amide bonds. The predicted molar refractivity (Wildman–Crippen MR) is 95.0 cm³/mol. The van der Waals surface area contributed by atoms with Crippen LogP contribution in [0.5, 0.6) is 0 Å². The van der Waals surface area contributed by atoms with Crippen LogP contribution in [-0.2, 0) is 4.74 Å². The number of urea groups is 2. The topological polar surface area (TPSA) is 94.5 Å². The van der Waals surface area contributed by atoms with Gasteiger partial charge in [0.25, 0.3) is 0 Å². The molecular formula is C16H28N4O3S. The number of amides is 4. The highest BCUT2D eigenvalue weighted by Gasteiger charge is 2.30. The summed E-state index contributed by atoms with van der Waals surface area (Å²) in [5.74, 6) is 0. The van der Waals surface area contributed by atoms with Gasteiger partial charge in [-0.2, -0.15) is 4.90 Å². The van der Waals surface area contributed by atoms with Crippen molar-refractivity contribution in [2.75, 3.05) is 7.11 Å². The van der Waals surface area contributed by atoms with Crippen molar-refractivity contribution >= 4 is 30.0 Å². The van der Waals surface area contributed by atoms with Crippen molar-refractivity contribution in [2.45, 2.75) is 75.5 Å². The molecular weight excluding hydrogens is 328 g/mol. The number of amidine groups is 1. The van der Waals surface area contributed by atoms with Gasteiger partial charge in [0.05, 0.1) is 7.11 Å². The van der Waals surface area contributed by atoms with Gasteiger partial charge in [-0.05, 0) is 37.6 Å². The summed E-state index contributed by atoms with van der Waals surface area (Å²) < 4.78 is 7.52. The van der Waals surface area contributed by atoms with Gasteiger partial charge in [0.2, 0.25) is 0 Å². The number of rotatable bonds is 3. The maximum Gasteiger partial charge on any atom is 0.343 e. The fourth-order valence-electron chi connectivity index (χ4n) is 3.22. The summed E-state index contributed by atoms with van der Waals surface area (Å²) in [6.07, 6.45) is 10.9. The molecule has 3 N–H and O–H groups in total. The Labute approximate surface area is 147 Å². The summed E-state index contributed by atoms with van der Waals surface area (Å²) >= 11 is 1.35. The van der Waals surface area contributed by atoms with Crippen molar-refractivity contribution in [3.05, 3.63) is 0 Å². The highest BCUT2D eigenvalue weighted by atomic mass is 32.2. The van der Waals surface area contributed by atoms with E-state index in [9.17, 15) is 9.59 Å². The van der Waals surface area contributed by atoms with E-state index >= 15 is 0 Å². The van der Waals surface area contributed by atoms with Crippen LogP contribution in [0.4, 0.5) is 9.59 Å². The van der Waals surface area contributed by atoms with Crippen molar-refractivity contribution in [1.29, 1.82) is 5.41 Å². The van der Waals surface area contributed by atoms with Crippen molar-refractivity contribution < 1.29 is 14.3 Å². The lowest BCUT2D eigenvalue weighted by Gasteiger charge is -2.27. The molecule has 2 saturated carbocycles. The van der Waals surface area contributed by atoms with Crippen molar-refractivity contribution in [2.24, 2.45) is 0 Å². The molecule has 2 aliphatic carbocycles. The second kappa shape index (κ2) is 9.76. The van der Waals surface area contributed by atoms with Gasteiger partial charge in [-0.15, -0.1) is 0 Å². The van der Waals surface area contributed by atoms with E-state index in [1.807, 2.05) is 0 Å².